The maximum absolute atomic E-state index is 10.8. The first-order valence-corrected chi connectivity index (χ1v) is 9.39. The fourth-order valence-electron chi connectivity index (χ4n) is 0.812. The molecule has 0 spiro atoms. The van der Waals surface area contributed by atoms with Gasteiger partial charge in [0.2, 0.25) is 0 Å². The minimum atomic E-state index is -5.25. The molecule has 0 amide bonds. The molecule has 0 radical (unpaired) electrons. The minimum Gasteiger partial charge on any atom is 1.00 e. The van der Waals surface area contributed by atoms with E-state index >= 15 is 0 Å². The van der Waals surface area contributed by atoms with E-state index < -0.39 is 34.6 Å². The number of hydrogen-bond donors (Lipinski definition) is 3. The molecule has 78 valence electrons. The van der Waals surface area contributed by atoms with E-state index in [-0.39, 0.29) is 33.1 Å². The standard InChI is InChI=1S/C6H5O3S.Na.2H2O.O.Sb/c7-10(8,9)6-4-2-1-3-5-6;;;;;/h2-5H,(H,7,8,9);;2*1H2;;/q;+1;;;;+2/p-2. The number of benzene rings is 1. The van der Waals surface area contributed by atoms with E-state index in [2.05, 4.69) is 0 Å². The Morgan fingerprint density at radius 3 is 1.73 bits per heavy atom. The molecule has 0 unspecified atom stereocenters. The zero-order valence-corrected chi connectivity index (χ0v) is 13.1. The number of hydrogen-bond acceptors (Lipinski definition) is 3. The Bertz CT molecular complexity index is 475. The average Bonchev–Trinajstić information content (AvgIpc) is 2.01. The van der Waals surface area contributed by atoms with Gasteiger partial charge in [-0.2, -0.15) is 0 Å². The normalized spacial score (nSPS) is 11.9. The van der Waals surface area contributed by atoms with E-state index in [1.165, 1.54) is 0 Å². The second-order valence-electron chi connectivity index (χ2n) is 2.51. The summed E-state index contributed by atoms with van der Waals surface area (Å²) in [5.41, 5.74) is 0. The molecule has 1 rings (SSSR count). The second kappa shape index (κ2) is 5.33. The van der Waals surface area contributed by atoms with Gasteiger partial charge in [-0.15, -0.1) is 0 Å². The van der Waals surface area contributed by atoms with E-state index in [0.29, 0.717) is 0 Å². The largest absolute Gasteiger partial charge is 1.00 e. The topological polar surface area (TPSA) is 112 Å². The molecule has 1 aromatic carbocycles. The molecule has 15 heavy (non-hydrogen) atoms. The molecule has 0 aliphatic heterocycles. The molecule has 0 fully saturated rings. The van der Waals surface area contributed by atoms with Gasteiger partial charge in [0, 0.05) is 0 Å². The smallest absolute Gasteiger partial charge is 1.00 e. The monoisotopic (exact) mass is 351 g/mol. The Morgan fingerprint density at radius 1 is 1.07 bits per heavy atom. The van der Waals surface area contributed by atoms with Gasteiger partial charge in [0.25, 0.3) is 0 Å². The van der Waals surface area contributed by atoms with Crippen molar-refractivity contribution < 1.29 is 52.3 Å². The maximum atomic E-state index is 10.8. The summed E-state index contributed by atoms with van der Waals surface area (Å²) in [5.74, 6) is 0. The Morgan fingerprint density at radius 2 is 1.47 bits per heavy atom. The van der Waals surface area contributed by atoms with E-state index in [4.69, 9.17) is 11.3 Å². The summed E-state index contributed by atoms with van der Waals surface area (Å²) in [7, 11) is -4.31. The molecule has 0 atom stereocenters. The summed E-state index contributed by atoms with van der Waals surface area (Å²) >= 11 is -5.25. The van der Waals surface area contributed by atoms with Crippen LogP contribution < -0.4 is 33.1 Å². The Kier molecular flexibility index (Phi) is 5.57. The zero-order chi connectivity index (χ0) is 11.0. The van der Waals surface area contributed by atoms with Crippen LogP contribution in [0.1, 0.15) is 0 Å². The summed E-state index contributed by atoms with van der Waals surface area (Å²) in [6.45, 7) is 0. The molecule has 9 heteroatoms. The van der Waals surface area contributed by atoms with Crippen LogP contribution in [0.5, 0.6) is 0 Å². The zero-order valence-electron chi connectivity index (χ0n) is 7.73. The SMILES string of the molecule is O=S(=O)(O)c1cc[c]([Sb](=[O])([OH])[OH])cc1.[Na+]. The minimum absolute atomic E-state index is 0. The van der Waals surface area contributed by atoms with Gasteiger partial charge in [-0.05, 0) is 0 Å². The summed E-state index contributed by atoms with van der Waals surface area (Å²) in [4.78, 5) is -0.393. The van der Waals surface area contributed by atoms with E-state index in [0.717, 1.165) is 24.3 Å². The number of rotatable bonds is 2. The van der Waals surface area contributed by atoms with Crippen molar-refractivity contribution in [3.63, 3.8) is 0 Å². The van der Waals surface area contributed by atoms with Crippen LogP contribution in [-0.2, 0) is 13.1 Å². The van der Waals surface area contributed by atoms with Crippen molar-refractivity contribution in [1.82, 2.24) is 0 Å². The van der Waals surface area contributed by atoms with Crippen LogP contribution in [0.2, 0.25) is 0 Å². The molecule has 0 saturated heterocycles. The first kappa shape index (κ1) is 15.7. The van der Waals surface area contributed by atoms with Crippen LogP contribution in [0.4, 0.5) is 0 Å². The van der Waals surface area contributed by atoms with Crippen molar-refractivity contribution in [1.29, 1.82) is 0 Å². The Labute approximate surface area is 113 Å². The second-order valence-corrected chi connectivity index (χ2v) is 8.51. The van der Waals surface area contributed by atoms with Crippen molar-refractivity contribution in [2.75, 3.05) is 0 Å². The molecule has 6 nitrogen and oxygen atoms in total. The maximum Gasteiger partial charge on any atom is 1.00 e. The summed E-state index contributed by atoms with van der Waals surface area (Å²) in [6.07, 6.45) is 0. The van der Waals surface area contributed by atoms with E-state index in [1.54, 1.807) is 0 Å². The van der Waals surface area contributed by atoms with Gasteiger partial charge < -0.3 is 0 Å². The van der Waals surface area contributed by atoms with Gasteiger partial charge in [-0.1, -0.05) is 0 Å². The first-order chi connectivity index (χ1) is 6.21. The van der Waals surface area contributed by atoms with Crippen LogP contribution in [-0.4, -0.2) is 39.4 Å². The average molecular weight is 352 g/mol. The molecule has 0 aliphatic carbocycles. The fourth-order valence-corrected chi connectivity index (χ4v) is 2.83. The van der Waals surface area contributed by atoms with Crippen molar-refractivity contribution in [2.45, 2.75) is 4.90 Å². The molecule has 0 saturated carbocycles. The molecule has 3 N–H and O–H groups in total. The molecular weight excluding hydrogens is 345 g/mol. The molecular formula is C6H7NaO6SSb+. The molecule has 0 aromatic heterocycles. The summed E-state index contributed by atoms with van der Waals surface area (Å²) in [5, 5.41) is 0. The van der Waals surface area contributed by atoms with E-state index in [9.17, 15) is 11.4 Å². The van der Waals surface area contributed by atoms with Gasteiger partial charge in [0.1, 0.15) is 0 Å². The molecule has 1 aromatic rings. The molecule has 0 aliphatic rings. The Balaban J connectivity index is 0.00000196. The predicted octanol–water partition coefficient (Wildman–Crippen LogP) is -4.50. The van der Waals surface area contributed by atoms with Crippen molar-refractivity contribution in [2.24, 2.45) is 0 Å². The third kappa shape index (κ3) is 4.58. The van der Waals surface area contributed by atoms with Gasteiger partial charge >= 0.3 is 115 Å². The van der Waals surface area contributed by atoms with Crippen LogP contribution in [0.3, 0.4) is 0 Å². The van der Waals surface area contributed by atoms with Crippen molar-refractivity contribution in [3.8, 4) is 0 Å². The Hall–Kier alpha value is 0.668. The predicted molar refractivity (Wildman–Crippen MR) is 46.8 cm³/mol. The molecule has 0 bridgehead atoms. The van der Waals surface area contributed by atoms with E-state index in [1.807, 2.05) is 0 Å². The van der Waals surface area contributed by atoms with Crippen LogP contribution in [0.15, 0.2) is 29.2 Å². The van der Waals surface area contributed by atoms with Crippen molar-refractivity contribution in [3.05, 3.63) is 24.3 Å². The van der Waals surface area contributed by atoms with Crippen LogP contribution in [0.25, 0.3) is 0 Å². The first-order valence-electron chi connectivity index (χ1n) is 3.35. The molecule has 0 heterocycles. The quantitative estimate of drug-likeness (QED) is 0.366. The van der Waals surface area contributed by atoms with Gasteiger partial charge in [-0.3, -0.25) is 0 Å². The van der Waals surface area contributed by atoms with Gasteiger partial charge in [0.05, 0.1) is 0 Å². The third-order valence-electron chi connectivity index (χ3n) is 1.47. The van der Waals surface area contributed by atoms with Gasteiger partial charge in [0.15, 0.2) is 0 Å². The third-order valence-corrected chi connectivity index (χ3v) is 5.11. The van der Waals surface area contributed by atoms with Crippen LogP contribution in [0, 0.1) is 0 Å². The fraction of sp³-hybridized carbons (Fsp3) is 0. The van der Waals surface area contributed by atoms with Crippen LogP contribution >= 0.6 is 0 Å². The summed E-state index contributed by atoms with van der Waals surface area (Å²) in [6, 6.07) is 3.86. The van der Waals surface area contributed by atoms with Crippen molar-refractivity contribution >= 4 is 33.3 Å². The summed E-state index contributed by atoms with van der Waals surface area (Å²) < 4.78 is 57.8. The van der Waals surface area contributed by atoms with Gasteiger partial charge in [-0.25, -0.2) is 0 Å².